The van der Waals surface area contributed by atoms with Crippen molar-refractivity contribution in [2.75, 3.05) is 23.3 Å². The van der Waals surface area contributed by atoms with Gasteiger partial charge < -0.3 is 10.6 Å². The number of nitrogens with zero attached hydrogens (tertiary/aromatic N) is 1. The van der Waals surface area contributed by atoms with Crippen molar-refractivity contribution >= 4 is 23.2 Å². The van der Waals surface area contributed by atoms with Gasteiger partial charge in [-0.05, 0) is 25.5 Å². The lowest BCUT2D eigenvalue weighted by Gasteiger charge is -2.33. The molecule has 1 aromatic rings. The number of benzene rings is 1. The lowest BCUT2D eigenvalue weighted by molar-refractivity contribution is -0.124. The summed E-state index contributed by atoms with van der Waals surface area (Å²) in [6.07, 6.45) is 0.883. The molecule has 1 aliphatic rings. The summed E-state index contributed by atoms with van der Waals surface area (Å²) in [4.78, 5) is 25.5. The van der Waals surface area contributed by atoms with Crippen LogP contribution in [0.4, 0.5) is 11.4 Å². The largest absolute Gasteiger partial charge is 0.372 e. The van der Waals surface area contributed by atoms with Gasteiger partial charge in [-0.3, -0.25) is 14.5 Å². The number of carbonyl (C=O) groups is 2. The molecule has 0 saturated heterocycles. The lowest BCUT2D eigenvalue weighted by Crippen LogP contribution is -2.49. The van der Waals surface area contributed by atoms with Gasteiger partial charge >= 0.3 is 0 Å². The van der Waals surface area contributed by atoms with Gasteiger partial charge in [0.2, 0.25) is 11.8 Å². The second-order valence-electron chi connectivity index (χ2n) is 4.66. The number of hydrogen-bond donors (Lipinski definition) is 2. The maximum absolute atomic E-state index is 12.2. The van der Waals surface area contributed by atoms with Crippen molar-refractivity contribution in [3.63, 3.8) is 0 Å². The van der Waals surface area contributed by atoms with Crippen LogP contribution in [0.5, 0.6) is 0 Å². The predicted octanol–water partition coefficient (Wildman–Crippen LogP) is 1.36. The fourth-order valence-electron chi connectivity index (χ4n) is 2.11. The summed E-state index contributed by atoms with van der Waals surface area (Å²) in [5.74, 6) is -0.204. The molecule has 2 rings (SSSR count). The molecule has 1 heterocycles. The number of amides is 2. The molecule has 0 aromatic heterocycles. The van der Waals surface area contributed by atoms with Crippen LogP contribution in [0.1, 0.15) is 20.3 Å². The highest BCUT2D eigenvalue weighted by Gasteiger charge is 2.30. The van der Waals surface area contributed by atoms with E-state index >= 15 is 0 Å². The molecule has 102 valence electrons. The first-order chi connectivity index (χ1) is 9.13. The first kappa shape index (κ1) is 13.4. The molecule has 1 aromatic carbocycles. The van der Waals surface area contributed by atoms with Gasteiger partial charge in [-0.15, -0.1) is 0 Å². The first-order valence-corrected chi connectivity index (χ1v) is 6.57. The van der Waals surface area contributed by atoms with Crippen molar-refractivity contribution < 1.29 is 9.59 Å². The highest BCUT2D eigenvalue weighted by Crippen LogP contribution is 2.30. The topological polar surface area (TPSA) is 61.4 Å². The minimum Gasteiger partial charge on any atom is -0.372 e. The summed E-state index contributed by atoms with van der Waals surface area (Å²) in [5, 5.41) is 5.93. The minimum atomic E-state index is -0.311. The zero-order valence-electron chi connectivity index (χ0n) is 11.3. The van der Waals surface area contributed by atoms with Gasteiger partial charge in [0.05, 0.1) is 11.4 Å². The summed E-state index contributed by atoms with van der Waals surface area (Å²) in [6.45, 7) is 4.50. The van der Waals surface area contributed by atoms with E-state index in [9.17, 15) is 9.59 Å². The van der Waals surface area contributed by atoms with E-state index in [2.05, 4.69) is 10.6 Å². The molecule has 1 atom stereocenters. The quantitative estimate of drug-likeness (QED) is 0.860. The van der Waals surface area contributed by atoms with Crippen LogP contribution in [0, 0.1) is 0 Å². The normalized spacial score (nSPS) is 17.7. The molecule has 2 amide bonds. The lowest BCUT2D eigenvalue weighted by atomic mass is 10.1. The summed E-state index contributed by atoms with van der Waals surface area (Å²) in [6, 6.07) is 7.22. The zero-order chi connectivity index (χ0) is 13.8. The van der Waals surface area contributed by atoms with E-state index < -0.39 is 0 Å². The van der Waals surface area contributed by atoms with Gasteiger partial charge in [0.25, 0.3) is 0 Å². The Balaban J connectivity index is 2.18. The standard InChI is InChI=1S/C14H19N3O2/c1-3-8-15-13(18)9-17-12-7-5-4-6-11(12)16-10(2)14(17)19/h4-7,10,16H,3,8-9H2,1-2H3,(H,15,18). The Hall–Kier alpha value is -2.04. The fourth-order valence-corrected chi connectivity index (χ4v) is 2.11. The van der Waals surface area contributed by atoms with E-state index in [1.807, 2.05) is 31.2 Å². The van der Waals surface area contributed by atoms with Gasteiger partial charge in [0, 0.05) is 6.54 Å². The molecule has 19 heavy (non-hydrogen) atoms. The third kappa shape index (κ3) is 2.86. The van der Waals surface area contributed by atoms with E-state index in [1.54, 1.807) is 11.8 Å². The van der Waals surface area contributed by atoms with Gasteiger partial charge in [0.15, 0.2) is 0 Å². The summed E-state index contributed by atoms with van der Waals surface area (Å²) in [7, 11) is 0. The Morgan fingerprint density at radius 3 is 2.89 bits per heavy atom. The second kappa shape index (κ2) is 5.73. The molecule has 0 fully saturated rings. The van der Waals surface area contributed by atoms with Crippen molar-refractivity contribution in [3.8, 4) is 0 Å². The average Bonchev–Trinajstić information content (AvgIpc) is 2.41. The molecule has 0 radical (unpaired) electrons. The third-order valence-corrected chi connectivity index (χ3v) is 3.08. The maximum Gasteiger partial charge on any atom is 0.249 e. The number of carbonyl (C=O) groups excluding carboxylic acids is 2. The molecular formula is C14H19N3O2. The Morgan fingerprint density at radius 2 is 2.16 bits per heavy atom. The Morgan fingerprint density at radius 1 is 1.42 bits per heavy atom. The van der Waals surface area contributed by atoms with Crippen LogP contribution < -0.4 is 15.5 Å². The SMILES string of the molecule is CCCNC(=O)CN1C(=O)C(C)Nc2ccccc21. The van der Waals surface area contributed by atoms with Crippen molar-refractivity contribution in [2.45, 2.75) is 26.3 Å². The number of nitrogens with one attached hydrogen (secondary N) is 2. The number of rotatable bonds is 4. The molecule has 0 bridgehead atoms. The molecule has 1 aliphatic heterocycles. The monoisotopic (exact) mass is 261 g/mol. The Bertz CT molecular complexity index is 487. The van der Waals surface area contributed by atoms with E-state index in [0.717, 1.165) is 17.8 Å². The van der Waals surface area contributed by atoms with Gasteiger partial charge in [-0.1, -0.05) is 19.1 Å². The number of para-hydroxylation sites is 2. The number of hydrogen-bond acceptors (Lipinski definition) is 3. The molecule has 5 heteroatoms. The highest BCUT2D eigenvalue weighted by atomic mass is 16.2. The molecule has 2 N–H and O–H groups in total. The van der Waals surface area contributed by atoms with Crippen molar-refractivity contribution in [1.82, 2.24) is 5.32 Å². The molecule has 0 spiro atoms. The van der Waals surface area contributed by atoms with E-state index in [0.29, 0.717) is 6.54 Å². The van der Waals surface area contributed by atoms with Crippen molar-refractivity contribution in [3.05, 3.63) is 24.3 Å². The van der Waals surface area contributed by atoms with Crippen LogP contribution in [0.3, 0.4) is 0 Å². The van der Waals surface area contributed by atoms with E-state index in [-0.39, 0.29) is 24.4 Å². The van der Waals surface area contributed by atoms with Gasteiger partial charge in [-0.25, -0.2) is 0 Å². The van der Waals surface area contributed by atoms with Crippen LogP contribution in [-0.4, -0.2) is 30.9 Å². The number of anilines is 2. The van der Waals surface area contributed by atoms with Crippen LogP contribution >= 0.6 is 0 Å². The van der Waals surface area contributed by atoms with Crippen LogP contribution in [0.15, 0.2) is 24.3 Å². The van der Waals surface area contributed by atoms with Crippen LogP contribution in [0.25, 0.3) is 0 Å². The maximum atomic E-state index is 12.2. The summed E-state index contributed by atoms with van der Waals surface area (Å²) in [5.41, 5.74) is 1.65. The highest BCUT2D eigenvalue weighted by molar-refractivity contribution is 6.07. The smallest absolute Gasteiger partial charge is 0.249 e. The zero-order valence-corrected chi connectivity index (χ0v) is 11.3. The molecule has 1 unspecified atom stereocenters. The Labute approximate surface area is 113 Å². The number of fused-ring (bicyclic) bond motifs is 1. The first-order valence-electron chi connectivity index (χ1n) is 6.57. The average molecular weight is 261 g/mol. The van der Waals surface area contributed by atoms with Crippen LogP contribution in [-0.2, 0) is 9.59 Å². The molecular weight excluding hydrogens is 242 g/mol. The third-order valence-electron chi connectivity index (χ3n) is 3.08. The summed E-state index contributed by atoms with van der Waals surface area (Å²) >= 11 is 0. The minimum absolute atomic E-state index is 0.0713. The molecule has 0 saturated carbocycles. The van der Waals surface area contributed by atoms with Gasteiger partial charge in [0.1, 0.15) is 12.6 Å². The molecule has 0 aliphatic carbocycles. The second-order valence-corrected chi connectivity index (χ2v) is 4.66. The summed E-state index contributed by atoms with van der Waals surface area (Å²) < 4.78 is 0. The Kier molecular flexibility index (Phi) is 4.04. The molecule has 5 nitrogen and oxygen atoms in total. The fraction of sp³-hybridized carbons (Fsp3) is 0.429. The van der Waals surface area contributed by atoms with E-state index in [1.165, 1.54) is 0 Å². The van der Waals surface area contributed by atoms with Crippen LogP contribution in [0.2, 0.25) is 0 Å². The van der Waals surface area contributed by atoms with Crippen molar-refractivity contribution in [1.29, 1.82) is 0 Å². The van der Waals surface area contributed by atoms with Gasteiger partial charge in [-0.2, -0.15) is 0 Å². The predicted molar refractivity (Wildman–Crippen MR) is 75.2 cm³/mol. The van der Waals surface area contributed by atoms with Crippen molar-refractivity contribution in [2.24, 2.45) is 0 Å². The van der Waals surface area contributed by atoms with E-state index in [4.69, 9.17) is 0 Å².